The first kappa shape index (κ1) is 48.1. The van der Waals surface area contributed by atoms with Gasteiger partial charge < -0.3 is 4.90 Å². The quantitative estimate of drug-likeness (QED) is 0.0362. The van der Waals surface area contributed by atoms with Crippen molar-refractivity contribution in [3.8, 4) is 0 Å². The molecule has 0 atom stereocenters. The monoisotopic (exact) mass is 721 g/mol. The Bertz CT molecular complexity index is 846. The molecule has 1 saturated heterocycles. The summed E-state index contributed by atoms with van der Waals surface area (Å²) in [6, 6.07) is 0.785. The lowest BCUT2D eigenvalue weighted by Crippen LogP contribution is -2.51. The third kappa shape index (κ3) is 30.5. The number of hydrogen-bond acceptors (Lipinski definition) is 4. The number of rotatable bonds is 37. The smallest absolute Gasteiger partial charge is 0.0419 e. The maximum Gasteiger partial charge on any atom is 0.0419 e. The van der Waals surface area contributed by atoms with Gasteiger partial charge in [-0.05, 0) is 90.7 Å². The molecule has 0 aromatic carbocycles. The van der Waals surface area contributed by atoms with E-state index in [9.17, 15) is 0 Å². The van der Waals surface area contributed by atoms with Gasteiger partial charge in [0.1, 0.15) is 0 Å². The van der Waals surface area contributed by atoms with Crippen LogP contribution in [0.4, 0.5) is 0 Å². The van der Waals surface area contributed by atoms with Gasteiger partial charge in [0, 0.05) is 64.3 Å². The summed E-state index contributed by atoms with van der Waals surface area (Å²) in [6.45, 7) is 18.5. The van der Waals surface area contributed by atoms with Crippen molar-refractivity contribution in [3.63, 3.8) is 0 Å². The molecule has 300 valence electrons. The van der Waals surface area contributed by atoms with Gasteiger partial charge in [0.15, 0.2) is 0 Å². The third-order valence-corrected chi connectivity index (χ3v) is 10.9. The summed E-state index contributed by atoms with van der Waals surface area (Å²) in [5.74, 6) is 0. The molecule has 52 heavy (non-hydrogen) atoms. The van der Waals surface area contributed by atoms with Crippen molar-refractivity contribution < 1.29 is 0 Å². The Hall–Kier alpha value is -1.91. The van der Waals surface area contributed by atoms with E-state index >= 15 is 0 Å². The summed E-state index contributed by atoms with van der Waals surface area (Å²) in [7, 11) is 0. The highest BCUT2D eigenvalue weighted by Gasteiger charge is 2.23. The van der Waals surface area contributed by atoms with Gasteiger partial charge >= 0.3 is 0 Å². The minimum absolute atomic E-state index is 0.785. The predicted molar refractivity (Wildman–Crippen MR) is 236 cm³/mol. The van der Waals surface area contributed by atoms with Crippen LogP contribution in [0.25, 0.3) is 0 Å². The Morgan fingerprint density at radius 1 is 0.538 bits per heavy atom. The van der Waals surface area contributed by atoms with Gasteiger partial charge in [-0.2, -0.15) is 0 Å². The summed E-state index contributed by atoms with van der Waals surface area (Å²) in [4.78, 5) is 11.8. The molecule has 1 rings (SSSR count). The Labute approximate surface area is 326 Å². The molecule has 0 saturated carbocycles. The zero-order valence-electron chi connectivity index (χ0n) is 35.2. The van der Waals surface area contributed by atoms with E-state index in [2.05, 4.69) is 102 Å². The number of piperazine rings is 1. The van der Waals surface area contributed by atoms with Crippen LogP contribution in [-0.4, -0.2) is 73.3 Å². The van der Waals surface area contributed by atoms with E-state index in [0.29, 0.717) is 0 Å². The molecule has 0 spiro atoms. The van der Waals surface area contributed by atoms with E-state index in [0.717, 1.165) is 38.5 Å². The molecule has 0 aromatic rings. The van der Waals surface area contributed by atoms with Crippen molar-refractivity contribution in [2.45, 2.75) is 194 Å². The summed E-state index contributed by atoms with van der Waals surface area (Å²) in [6.07, 6.45) is 57.8. The second kappa shape index (κ2) is 38.8. The topological polar surface area (TPSA) is 22.1 Å². The van der Waals surface area contributed by atoms with E-state index in [1.54, 1.807) is 0 Å². The molecule has 0 N–H and O–H groups in total. The van der Waals surface area contributed by atoms with Crippen LogP contribution in [0, 0.1) is 0 Å². The van der Waals surface area contributed by atoms with Gasteiger partial charge in [-0.15, -0.1) is 0 Å². The van der Waals surface area contributed by atoms with Crippen molar-refractivity contribution in [2.75, 3.05) is 45.8 Å². The highest BCUT2D eigenvalue weighted by molar-refractivity contribution is 5.25. The molecule has 0 amide bonds. The van der Waals surface area contributed by atoms with Crippen molar-refractivity contribution in [2.24, 2.45) is 4.99 Å². The average molecular weight is 721 g/mol. The summed E-state index contributed by atoms with van der Waals surface area (Å²) in [5, 5.41) is 0. The fraction of sp³-hybridized carbons (Fsp3) is 0.771. The van der Waals surface area contributed by atoms with Gasteiger partial charge in [0.2, 0.25) is 0 Å². The van der Waals surface area contributed by atoms with Crippen molar-refractivity contribution in [1.82, 2.24) is 14.7 Å². The van der Waals surface area contributed by atoms with Crippen LogP contribution in [-0.2, 0) is 0 Å². The molecule has 0 unspecified atom stereocenters. The van der Waals surface area contributed by atoms with Crippen molar-refractivity contribution >= 4 is 6.72 Å². The Balaban J connectivity index is 2.30. The van der Waals surface area contributed by atoms with E-state index in [1.807, 2.05) is 6.20 Å². The molecule has 1 fully saturated rings. The first-order chi connectivity index (χ1) is 25.7. The standard InChI is InChI=1S/C48H88N4/c1-5-8-10-12-14-16-18-20-22-24-26-28-30-32-34-36-38-48(52-46-44-51(45-47-52)43-42-50(7-3)41-40-49-4)39-37-35-33-31-29-27-25-23-21-19-17-15-13-11-9-6-2/h14-17,20-23,40-41,48H,4-13,18-19,24-39,42-47H2,1-3H3/b16-14-,17-15-,22-20-,23-21-,41-40-. The molecule has 0 radical (unpaired) electrons. The number of allylic oxidation sites excluding steroid dienone is 8. The normalized spacial score (nSPS) is 14.9. The van der Waals surface area contributed by atoms with Crippen molar-refractivity contribution in [3.05, 3.63) is 61.0 Å². The molecular formula is C48H88N4. The van der Waals surface area contributed by atoms with E-state index < -0.39 is 0 Å². The minimum Gasteiger partial charge on any atom is -0.375 e. The van der Waals surface area contributed by atoms with Gasteiger partial charge in [-0.1, -0.05) is 152 Å². The lowest BCUT2D eigenvalue weighted by molar-refractivity contribution is 0.0820. The first-order valence-electron chi connectivity index (χ1n) is 22.7. The molecule has 1 heterocycles. The van der Waals surface area contributed by atoms with Crippen LogP contribution in [0.2, 0.25) is 0 Å². The van der Waals surface area contributed by atoms with Crippen LogP contribution in [0.1, 0.15) is 188 Å². The molecule has 4 nitrogen and oxygen atoms in total. The maximum atomic E-state index is 3.89. The molecule has 0 aromatic heterocycles. The Kier molecular flexibility index (Phi) is 35.9. The SMILES string of the molecule is C=N/C=C\N(CC)CCN1CCN(C(CCCCCCCC/C=C\C/C=C\CCCCC)CCCCCCCC/C=C\C/C=C\CCCCC)CC1. The number of unbranched alkanes of at least 4 members (excludes halogenated alkanes) is 18. The molecule has 1 aliphatic heterocycles. The third-order valence-electron chi connectivity index (χ3n) is 10.9. The van der Waals surface area contributed by atoms with E-state index in [-0.39, 0.29) is 0 Å². The fourth-order valence-corrected chi connectivity index (χ4v) is 7.35. The van der Waals surface area contributed by atoms with Crippen molar-refractivity contribution in [1.29, 1.82) is 0 Å². The highest BCUT2D eigenvalue weighted by atomic mass is 15.3. The average Bonchev–Trinajstić information content (AvgIpc) is 3.17. The molecule has 0 aliphatic carbocycles. The summed E-state index contributed by atoms with van der Waals surface area (Å²) >= 11 is 0. The zero-order chi connectivity index (χ0) is 37.4. The Morgan fingerprint density at radius 2 is 0.962 bits per heavy atom. The lowest BCUT2D eigenvalue weighted by atomic mass is 9.98. The number of hydrogen-bond donors (Lipinski definition) is 0. The van der Waals surface area contributed by atoms with Crippen LogP contribution in [0.3, 0.4) is 0 Å². The second-order valence-corrected chi connectivity index (χ2v) is 15.4. The fourth-order valence-electron chi connectivity index (χ4n) is 7.35. The van der Waals surface area contributed by atoms with E-state index in [1.165, 1.54) is 180 Å². The predicted octanol–water partition coefficient (Wildman–Crippen LogP) is 13.9. The van der Waals surface area contributed by atoms with E-state index in [4.69, 9.17) is 0 Å². The van der Waals surface area contributed by atoms with Gasteiger partial charge in [-0.25, -0.2) is 0 Å². The van der Waals surface area contributed by atoms with Crippen LogP contribution >= 0.6 is 0 Å². The van der Waals surface area contributed by atoms with Crippen LogP contribution in [0.15, 0.2) is 66.0 Å². The van der Waals surface area contributed by atoms with Gasteiger partial charge in [-0.3, -0.25) is 14.8 Å². The highest BCUT2D eigenvalue weighted by Crippen LogP contribution is 2.21. The number of likely N-dealkylation sites (N-methyl/N-ethyl adjacent to an activating group) is 1. The zero-order valence-corrected chi connectivity index (χ0v) is 35.2. The van der Waals surface area contributed by atoms with Gasteiger partial charge in [0.05, 0.1) is 0 Å². The number of aliphatic imine (C=N–C) groups is 1. The van der Waals surface area contributed by atoms with Crippen LogP contribution < -0.4 is 0 Å². The maximum absolute atomic E-state index is 3.89. The lowest BCUT2D eigenvalue weighted by Gasteiger charge is -2.40. The molecule has 0 bridgehead atoms. The minimum atomic E-state index is 0.785. The summed E-state index contributed by atoms with van der Waals surface area (Å²) < 4.78 is 0. The largest absolute Gasteiger partial charge is 0.375 e. The molecule has 4 heteroatoms. The Morgan fingerprint density at radius 3 is 1.38 bits per heavy atom. The summed E-state index contributed by atoms with van der Waals surface area (Å²) in [5.41, 5.74) is 0. The second-order valence-electron chi connectivity index (χ2n) is 15.4. The first-order valence-corrected chi connectivity index (χ1v) is 22.7. The molecular weight excluding hydrogens is 633 g/mol. The van der Waals surface area contributed by atoms with Crippen LogP contribution in [0.5, 0.6) is 0 Å². The molecule has 1 aliphatic rings. The van der Waals surface area contributed by atoms with Gasteiger partial charge in [0.25, 0.3) is 0 Å². The number of nitrogens with zero attached hydrogens (tertiary/aromatic N) is 4.